The number of carbonyl (C=O) groups excluding carboxylic acids is 5. The van der Waals surface area contributed by atoms with Crippen LogP contribution in [0.1, 0.15) is 192 Å². The average molecular weight is 1240 g/mol. The fourth-order valence-corrected chi connectivity index (χ4v) is 28.6. The van der Waals surface area contributed by atoms with Crippen LogP contribution in [0.3, 0.4) is 0 Å². The van der Waals surface area contributed by atoms with Gasteiger partial charge in [0.05, 0.1) is 54.8 Å². The number of carbonyl (C=O) groups is 6. The number of hydrogen-bond donors (Lipinski definition) is 2. The second-order valence-electron chi connectivity index (χ2n) is 28.1. The molecular formula is C63H130O15Si4. The lowest BCUT2D eigenvalue weighted by Gasteiger charge is -2.43. The van der Waals surface area contributed by atoms with Crippen molar-refractivity contribution in [1.82, 2.24) is 0 Å². The highest BCUT2D eigenvalue weighted by molar-refractivity contribution is 6.90. The number of aliphatic hydroxyl groups excluding tert-OH is 1. The molecule has 4 bridgehead atoms. The summed E-state index contributed by atoms with van der Waals surface area (Å²) in [6.07, 6.45) is 7.47. The van der Waals surface area contributed by atoms with E-state index >= 15 is 0 Å². The quantitative estimate of drug-likeness (QED) is 0.0246. The van der Waals surface area contributed by atoms with E-state index in [-0.39, 0.29) is 144 Å². The predicted octanol–water partition coefficient (Wildman–Crippen LogP) is 16.0. The minimum Gasteiger partial charge on any atom is -0.481 e. The van der Waals surface area contributed by atoms with Crippen molar-refractivity contribution >= 4 is 69.6 Å². The predicted molar refractivity (Wildman–Crippen MR) is 345 cm³/mol. The molecule has 4 saturated carbocycles. The second-order valence-corrected chi connectivity index (χ2v) is 45.1. The molecule has 0 amide bonds. The molecule has 5 fully saturated rings. The van der Waals surface area contributed by atoms with Crippen LogP contribution in [0.25, 0.3) is 0 Å². The number of carboxylic acid groups (broad SMARTS) is 1. The lowest BCUT2D eigenvalue weighted by Crippen LogP contribution is -2.60. The summed E-state index contributed by atoms with van der Waals surface area (Å²) in [7, 11) is -9.37. The van der Waals surface area contributed by atoms with Gasteiger partial charge >= 0.3 is 44.6 Å². The maximum atomic E-state index is 14.3. The summed E-state index contributed by atoms with van der Waals surface area (Å²) in [5, 5.41) is 20.7. The largest absolute Gasteiger partial charge is 0.481 e. The lowest BCUT2D eigenvalue weighted by molar-refractivity contribution is -0.166. The lowest BCUT2D eigenvalue weighted by atomic mass is 9.63. The van der Waals surface area contributed by atoms with E-state index in [2.05, 4.69) is 58.9 Å². The van der Waals surface area contributed by atoms with Crippen molar-refractivity contribution in [3.8, 4) is 0 Å². The molecule has 0 radical (unpaired) electrons. The van der Waals surface area contributed by atoms with E-state index in [9.17, 15) is 39.0 Å². The van der Waals surface area contributed by atoms with Gasteiger partial charge in [0, 0.05) is 11.5 Å². The molecule has 2 N–H and O–H groups in total. The first-order chi connectivity index (χ1) is 34.0. The maximum Gasteiger partial charge on any atom is 0.469 e. The summed E-state index contributed by atoms with van der Waals surface area (Å²) in [5.74, 6) is -6.31. The van der Waals surface area contributed by atoms with Crippen molar-refractivity contribution in [3.63, 3.8) is 0 Å². The molecule has 0 aromatic rings. The van der Waals surface area contributed by atoms with Crippen LogP contribution >= 0.6 is 0 Å². The number of hydrogen-bond acceptors (Lipinski definition) is 14. The monoisotopic (exact) mass is 1240 g/mol. The zero-order valence-electron chi connectivity index (χ0n) is 48.5. The molecule has 5 aliphatic rings. The molecule has 1 aliphatic heterocycles. The minimum atomic E-state index is -3.12. The number of aliphatic carboxylic acids is 1. The van der Waals surface area contributed by atoms with E-state index in [4.69, 9.17) is 31.3 Å². The van der Waals surface area contributed by atoms with E-state index in [0.29, 0.717) is 63.8 Å². The van der Waals surface area contributed by atoms with Gasteiger partial charge in [0.2, 0.25) is 0 Å². The Morgan fingerprint density at radius 2 is 1.07 bits per heavy atom. The van der Waals surface area contributed by atoms with Crippen LogP contribution < -0.4 is 0 Å². The van der Waals surface area contributed by atoms with Crippen molar-refractivity contribution in [2.45, 2.75) is 262 Å². The summed E-state index contributed by atoms with van der Waals surface area (Å²) in [6.45, 7) is 34.5. The van der Waals surface area contributed by atoms with Crippen LogP contribution in [0, 0.1) is 87.8 Å². The number of carboxylic acids is 1. The number of aliphatic hydroxyl groups is 1. The molecule has 14 unspecified atom stereocenters. The van der Waals surface area contributed by atoms with Crippen LogP contribution in [0.5, 0.6) is 0 Å². The Hall–Kier alpha value is -2.27. The zero-order chi connectivity index (χ0) is 55.7. The van der Waals surface area contributed by atoms with Crippen LogP contribution in [0.15, 0.2) is 0 Å². The van der Waals surface area contributed by atoms with Gasteiger partial charge in [0.15, 0.2) is 25.0 Å². The molecule has 5 rings (SSSR count). The second kappa shape index (κ2) is 33.2. The van der Waals surface area contributed by atoms with E-state index in [1.54, 1.807) is 13.8 Å². The molecule has 15 nitrogen and oxygen atoms in total. The zero-order valence-corrected chi connectivity index (χ0v) is 52.5. The fraction of sp³-hybridized carbons (Fsp3) is 0.905. The van der Waals surface area contributed by atoms with Gasteiger partial charge in [-0.3, -0.25) is 28.8 Å². The number of rotatable bonds is 28. The molecule has 0 spiro atoms. The minimum absolute atomic E-state index is 0. The van der Waals surface area contributed by atoms with Gasteiger partial charge in [-0.2, -0.15) is 0 Å². The highest BCUT2D eigenvalue weighted by atomic mass is 28.5. The van der Waals surface area contributed by atoms with Gasteiger partial charge in [-0.05, 0) is 211 Å². The maximum absolute atomic E-state index is 14.3. The van der Waals surface area contributed by atoms with Gasteiger partial charge in [0.1, 0.15) is 5.60 Å². The SMILES string of the molecule is C.C.C.C.C.C.C.C.CCC1C(=O)OC(=O)C1CCC1C(CCC2C3CC(C(=O)OC(C)(C)C)C(C3)C2CCC(C)(CC)C(=O)OCCC[Si](O[Si](C)(C)C)(O[Si](C)(C)C)O[Si](C)(C)C)C2CC1C(C(=O)OCC(C)(C)CO)C2C(=O)O. The van der Waals surface area contributed by atoms with Crippen molar-refractivity contribution in [3.05, 3.63) is 0 Å². The fourth-order valence-electron chi connectivity index (χ4n) is 14.0. The topological polar surface area (TPSA) is 207 Å². The van der Waals surface area contributed by atoms with Crippen molar-refractivity contribution < 1.29 is 70.3 Å². The third kappa shape index (κ3) is 21.8. The Labute approximate surface area is 507 Å². The number of cyclic esters (lactones) is 2. The van der Waals surface area contributed by atoms with Crippen molar-refractivity contribution in [2.75, 3.05) is 19.8 Å². The molecule has 1 saturated heterocycles. The first-order valence-electron chi connectivity index (χ1n) is 28.2. The van der Waals surface area contributed by atoms with E-state index in [1.165, 1.54) is 0 Å². The third-order valence-electron chi connectivity index (χ3n) is 17.1. The van der Waals surface area contributed by atoms with Crippen molar-refractivity contribution in [2.24, 2.45) is 87.8 Å². The Morgan fingerprint density at radius 1 is 0.598 bits per heavy atom. The highest BCUT2D eigenvalue weighted by Crippen LogP contribution is 2.64. The Morgan fingerprint density at radius 3 is 1.54 bits per heavy atom. The van der Waals surface area contributed by atoms with Crippen LogP contribution in [0.4, 0.5) is 0 Å². The molecule has 488 valence electrons. The molecular weight excluding hydrogens is 1110 g/mol. The molecule has 0 aromatic heterocycles. The van der Waals surface area contributed by atoms with E-state index < -0.39 is 97.7 Å². The summed E-state index contributed by atoms with van der Waals surface area (Å²) in [4.78, 5) is 81.1. The molecule has 82 heavy (non-hydrogen) atoms. The normalized spacial score (nSPS) is 28.1. The summed E-state index contributed by atoms with van der Waals surface area (Å²) in [5.41, 5.74) is -2.11. The van der Waals surface area contributed by atoms with E-state index in [1.807, 2.05) is 41.5 Å². The van der Waals surface area contributed by atoms with Crippen LogP contribution in [-0.4, -0.2) is 105 Å². The molecule has 14 atom stereocenters. The third-order valence-corrected chi connectivity index (χ3v) is 29.1. The molecule has 1 heterocycles. The Bertz CT molecular complexity index is 1970. The van der Waals surface area contributed by atoms with Gasteiger partial charge in [-0.1, -0.05) is 87.1 Å². The van der Waals surface area contributed by atoms with Crippen LogP contribution in [0.2, 0.25) is 65.0 Å². The van der Waals surface area contributed by atoms with Gasteiger partial charge in [-0.25, -0.2) is 0 Å². The average Bonchev–Trinajstić information content (AvgIpc) is 4.07. The first kappa shape index (κ1) is 86.2. The van der Waals surface area contributed by atoms with Gasteiger partial charge in [0.25, 0.3) is 0 Å². The van der Waals surface area contributed by atoms with Gasteiger partial charge < -0.3 is 41.5 Å². The summed E-state index contributed by atoms with van der Waals surface area (Å²) < 4.78 is 43.7. The number of esters is 5. The number of fused-ring (bicyclic) bond motifs is 4. The summed E-state index contributed by atoms with van der Waals surface area (Å²) >= 11 is 0. The standard InChI is InChI=1S/C55H98O15Si4.8CH4/c1-18-35-40(49(60)66-48(35)59)24-23-38-37(42-31-43(38)46(45(42)47(57)58)51(62)65-33-54(6,7)32-56)22-21-36-34-29-41(44(30-34)50(61)67-53(3,4)5)39(36)25-26-55(8,19-2)52(63)64-27-20-28-74(68-71(9,10)11,69-72(12,13)14)70-73(15,16)17;;;;;;;;/h34-46,56H,18-33H2,1-17H3,(H,57,58);8*1H4. The highest BCUT2D eigenvalue weighted by Gasteiger charge is 2.64. The Balaban J connectivity index is -0.00000380. The molecule has 4 aliphatic carbocycles. The smallest absolute Gasteiger partial charge is 0.469 e. The van der Waals surface area contributed by atoms with E-state index in [0.717, 1.165) is 19.3 Å². The summed E-state index contributed by atoms with van der Waals surface area (Å²) in [6, 6.07) is 0.567. The van der Waals surface area contributed by atoms with Gasteiger partial charge in [-0.15, -0.1) is 0 Å². The van der Waals surface area contributed by atoms with Crippen molar-refractivity contribution in [1.29, 1.82) is 0 Å². The number of ether oxygens (including phenoxy) is 4. The first-order valence-corrected chi connectivity index (χ1v) is 40.4. The molecule has 0 aromatic carbocycles. The van der Waals surface area contributed by atoms with Crippen LogP contribution in [-0.2, 0) is 60.1 Å². The Kier molecular flexibility index (Phi) is 34.9. The molecule has 19 heteroatoms.